The fourth-order valence-corrected chi connectivity index (χ4v) is 4.10. The number of fused-ring (bicyclic) bond motifs is 1. The van der Waals surface area contributed by atoms with Crippen molar-refractivity contribution in [3.05, 3.63) is 89.4 Å². The predicted molar refractivity (Wildman–Crippen MR) is 107 cm³/mol. The summed E-state index contributed by atoms with van der Waals surface area (Å²) < 4.78 is 0. The van der Waals surface area contributed by atoms with Crippen LogP contribution < -0.4 is 5.11 Å². The molecule has 0 radical (unpaired) electrons. The molecular weight excluding hydrogens is 378 g/mol. The van der Waals surface area contributed by atoms with Crippen LogP contribution in [0.4, 0.5) is 0 Å². The summed E-state index contributed by atoms with van der Waals surface area (Å²) in [7, 11) is 0. The molecule has 1 heterocycles. The monoisotopic (exact) mass is 390 g/mol. The van der Waals surface area contributed by atoms with E-state index in [4.69, 9.17) is 16.6 Å². The second kappa shape index (κ2) is 7.43. The number of para-hydroxylation sites is 1. The Bertz CT molecular complexity index is 1130. The van der Waals surface area contributed by atoms with Gasteiger partial charge >= 0.3 is 0 Å². The second-order valence-corrected chi connectivity index (χ2v) is 7.41. The molecule has 5 heteroatoms. The van der Waals surface area contributed by atoms with Crippen LogP contribution in [0.15, 0.2) is 88.7 Å². The zero-order chi connectivity index (χ0) is 18.8. The number of carboxylic acids is 1. The number of rotatable bonds is 4. The molecule has 4 rings (SSSR count). The van der Waals surface area contributed by atoms with Gasteiger partial charge in [0.15, 0.2) is 0 Å². The zero-order valence-electron chi connectivity index (χ0n) is 14.1. The number of pyridine rings is 1. The molecule has 0 aliphatic rings. The Morgan fingerprint density at radius 1 is 0.889 bits per heavy atom. The van der Waals surface area contributed by atoms with Gasteiger partial charge in [0.25, 0.3) is 0 Å². The smallest absolute Gasteiger partial charge is 0.0855 e. The van der Waals surface area contributed by atoms with Gasteiger partial charge in [-0.2, -0.15) is 0 Å². The fourth-order valence-electron chi connectivity index (χ4n) is 2.91. The number of aromatic nitrogens is 1. The Morgan fingerprint density at radius 2 is 1.56 bits per heavy atom. The first kappa shape index (κ1) is 17.6. The summed E-state index contributed by atoms with van der Waals surface area (Å²) in [6, 6.07) is 24.0. The van der Waals surface area contributed by atoms with E-state index >= 15 is 0 Å². The van der Waals surface area contributed by atoms with E-state index in [-0.39, 0.29) is 5.56 Å². The molecule has 0 fully saturated rings. The highest BCUT2D eigenvalue weighted by Gasteiger charge is 2.18. The lowest BCUT2D eigenvalue weighted by Crippen LogP contribution is -2.24. The summed E-state index contributed by atoms with van der Waals surface area (Å²) in [5, 5.41) is 13.3. The van der Waals surface area contributed by atoms with Crippen molar-refractivity contribution in [3.8, 4) is 11.3 Å². The van der Waals surface area contributed by atoms with Crippen molar-refractivity contribution >= 4 is 40.2 Å². The number of benzene rings is 3. The average molecular weight is 391 g/mol. The molecule has 0 amide bonds. The molecule has 0 saturated carbocycles. The number of carboxylic acid groups (broad SMARTS) is 1. The van der Waals surface area contributed by atoms with E-state index in [2.05, 4.69) is 0 Å². The van der Waals surface area contributed by atoms with Gasteiger partial charge in [-0.1, -0.05) is 71.9 Å². The van der Waals surface area contributed by atoms with Crippen molar-refractivity contribution in [2.45, 2.75) is 9.79 Å². The molecule has 3 aromatic carbocycles. The van der Waals surface area contributed by atoms with Crippen LogP contribution in [-0.4, -0.2) is 11.0 Å². The summed E-state index contributed by atoms with van der Waals surface area (Å²) in [6.45, 7) is 0. The Hall–Kier alpha value is -2.82. The zero-order valence-corrected chi connectivity index (χ0v) is 15.6. The molecule has 0 aliphatic heterocycles. The molecule has 1 aromatic heterocycles. The third kappa shape index (κ3) is 3.54. The van der Waals surface area contributed by atoms with Gasteiger partial charge in [0.05, 0.1) is 17.2 Å². The van der Waals surface area contributed by atoms with Gasteiger partial charge in [0.1, 0.15) is 0 Å². The Kier molecular flexibility index (Phi) is 4.84. The minimum atomic E-state index is -1.22. The summed E-state index contributed by atoms with van der Waals surface area (Å²) in [5.74, 6) is -1.22. The average Bonchev–Trinajstić information content (AvgIpc) is 2.69. The van der Waals surface area contributed by atoms with E-state index < -0.39 is 5.97 Å². The van der Waals surface area contributed by atoms with E-state index in [9.17, 15) is 9.90 Å². The van der Waals surface area contributed by atoms with Crippen molar-refractivity contribution < 1.29 is 9.90 Å². The number of halogens is 1. The quantitative estimate of drug-likeness (QED) is 0.488. The van der Waals surface area contributed by atoms with Crippen LogP contribution in [0.25, 0.3) is 22.2 Å². The number of hydrogen-bond donors (Lipinski definition) is 0. The van der Waals surface area contributed by atoms with E-state index in [0.717, 1.165) is 10.5 Å². The van der Waals surface area contributed by atoms with Crippen LogP contribution in [0.3, 0.4) is 0 Å². The molecule has 0 spiro atoms. The lowest BCUT2D eigenvalue weighted by atomic mass is 10.0. The fraction of sp³-hybridized carbons (Fsp3) is 0. The molecule has 0 saturated heterocycles. The molecule has 0 unspecified atom stereocenters. The van der Waals surface area contributed by atoms with Gasteiger partial charge in [-0.25, -0.2) is 4.98 Å². The normalized spacial score (nSPS) is 10.9. The predicted octanol–water partition coefficient (Wildman–Crippen LogP) is 5.07. The lowest BCUT2D eigenvalue weighted by Gasteiger charge is -2.17. The third-order valence-electron chi connectivity index (χ3n) is 4.13. The van der Waals surface area contributed by atoms with Crippen LogP contribution in [-0.2, 0) is 0 Å². The Balaban J connectivity index is 2.01. The van der Waals surface area contributed by atoms with Crippen LogP contribution in [0.1, 0.15) is 10.4 Å². The standard InChI is InChI=1S/C22H14ClNO2S/c23-15-10-12-16(13-11-15)27-21-19(22(25)26)17-8-4-5-9-18(17)24-20(21)14-6-2-1-3-7-14/h1-13H,(H,25,26)/p-1. The van der Waals surface area contributed by atoms with Crippen molar-refractivity contribution in [1.29, 1.82) is 0 Å². The van der Waals surface area contributed by atoms with Crippen LogP contribution >= 0.6 is 23.4 Å². The molecular formula is C22H13ClNO2S-. The van der Waals surface area contributed by atoms with Gasteiger partial charge in [0.2, 0.25) is 0 Å². The molecule has 132 valence electrons. The topological polar surface area (TPSA) is 53.0 Å². The van der Waals surface area contributed by atoms with E-state index in [1.165, 1.54) is 11.8 Å². The maximum Gasteiger partial charge on any atom is 0.0855 e. The van der Waals surface area contributed by atoms with Crippen LogP contribution in [0.2, 0.25) is 5.02 Å². The maximum absolute atomic E-state index is 12.1. The van der Waals surface area contributed by atoms with Crippen molar-refractivity contribution in [1.82, 2.24) is 4.98 Å². The van der Waals surface area contributed by atoms with E-state index in [1.807, 2.05) is 54.6 Å². The number of aromatic carboxylic acids is 1. The summed E-state index contributed by atoms with van der Waals surface area (Å²) in [6.07, 6.45) is 0. The van der Waals surface area contributed by atoms with Gasteiger partial charge in [-0.3, -0.25) is 0 Å². The van der Waals surface area contributed by atoms with Crippen LogP contribution in [0, 0.1) is 0 Å². The highest BCUT2D eigenvalue weighted by molar-refractivity contribution is 7.99. The van der Waals surface area contributed by atoms with Gasteiger partial charge in [-0.05, 0) is 30.3 Å². The van der Waals surface area contributed by atoms with Crippen molar-refractivity contribution in [2.75, 3.05) is 0 Å². The Labute approximate surface area is 165 Å². The lowest BCUT2D eigenvalue weighted by molar-refractivity contribution is -0.255. The molecule has 0 atom stereocenters. The number of hydrogen-bond acceptors (Lipinski definition) is 4. The van der Waals surface area contributed by atoms with Crippen LogP contribution in [0.5, 0.6) is 0 Å². The second-order valence-electron chi connectivity index (χ2n) is 5.89. The first-order valence-electron chi connectivity index (χ1n) is 8.26. The van der Waals surface area contributed by atoms with Gasteiger partial charge in [-0.15, -0.1) is 0 Å². The van der Waals surface area contributed by atoms with Gasteiger partial charge in [0, 0.05) is 31.3 Å². The van der Waals surface area contributed by atoms with Crippen molar-refractivity contribution in [2.24, 2.45) is 0 Å². The van der Waals surface area contributed by atoms with E-state index in [1.54, 1.807) is 24.3 Å². The number of nitrogens with zero attached hydrogens (tertiary/aromatic N) is 1. The maximum atomic E-state index is 12.1. The molecule has 4 aromatic rings. The SMILES string of the molecule is O=C([O-])c1c(Sc2ccc(Cl)cc2)c(-c2ccccc2)nc2ccccc12. The Morgan fingerprint density at radius 3 is 2.26 bits per heavy atom. The largest absolute Gasteiger partial charge is 0.545 e. The third-order valence-corrected chi connectivity index (χ3v) is 5.49. The summed E-state index contributed by atoms with van der Waals surface area (Å²) >= 11 is 7.32. The van der Waals surface area contributed by atoms with E-state index in [0.29, 0.717) is 26.5 Å². The number of carbonyl (C=O) groups is 1. The first-order chi connectivity index (χ1) is 13.1. The van der Waals surface area contributed by atoms with Crippen molar-refractivity contribution in [3.63, 3.8) is 0 Å². The summed E-state index contributed by atoms with van der Waals surface area (Å²) in [5.41, 5.74) is 2.24. The minimum Gasteiger partial charge on any atom is -0.545 e. The molecule has 0 bridgehead atoms. The molecule has 0 aliphatic carbocycles. The van der Waals surface area contributed by atoms with Gasteiger partial charge < -0.3 is 9.90 Å². The minimum absolute atomic E-state index is 0.152. The number of carbonyl (C=O) groups excluding carboxylic acids is 1. The first-order valence-corrected chi connectivity index (χ1v) is 9.46. The molecule has 27 heavy (non-hydrogen) atoms. The highest BCUT2D eigenvalue weighted by atomic mass is 35.5. The summed E-state index contributed by atoms with van der Waals surface area (Å²) in [4.78, 5) is 18.3. The molecule has 3 nitrogen and oxygen atoms in total. The molecule has 0 N–H and O–H groups in total. The highest BCUT2D eigenvalue weighted by Crippen LogP contribution is 2.40.